The Balaban J connectivity index is 1.94. The molecule has 4 nitrogen and oxygen atoms in total. The van der Waals surface area contributed by atoms with Gasteiger partial charge in [0, 0.05) is 13.2 Å². The zero-order chi connectivity index (χ0) is 14.8. The van der Waals surface area contributed by atoms with Crippen LogP contribution >= 0.6 is 11.3 Å². The molecule has 0 fully saturated rings. The molecule has 0 aromatic carbocycles. The minimum atomic E-state index is -4.31. The first kappa shape index (κ1) is 15.0. The maximum atomic E-state index is 12.1. The third-order valence-corrected chi connectivity index (χ3v) is 3.75. The molecular weight excluding hydrogens is 293 g/mol. The van der Waals surface area contributed by atoms with Crippen molar-refractivity contribution in [3.05, 3.63) is 27.6 Å². The Hall–Kier alpha value is -1.41. The summed E-state index contributed by atoms with van der Waals surface area (Å²) in [4.78, 5) is 16.3. The van der Waals surface area contributed by atoms with E-state index >= 15 is 0 Å². The summed E-state index contributed by atoms with van der Waals surface area (Å²) in [5.74, 6) is 0. The van der Waals surface area contributed by atoms with Gasteiger partial charge in [-0.05, 0) is 24.3 Å². The van der Waals surface area contributed by atoms with Gasteiger partial charge in [0.25, 0.3) is 5.56 Å². The van der Waals surface area contributed by atoms with Gasteiger partial charge < -0.3 is 4.74 Å². The van der Waals surface area contributed by atoms with E-state index < -0.39 is 12.8 Å². The van der Waals surface area contributed by atoms with Gasteiger partial charge in [0.05, 0.1) is 11.8 Å². The van der Waals surface area contributed by atoms with Gasteiger partial charge in [-0.25, -0.2) is 4.98 Å². The molecule has 0 bridgehead atoms. The molecule has 0 saturated carbocycles. The number of hydrogen-bond donors (Lipinski definition) is 0. The summed E-state index contributed by atoms with van der Waals surface area (Å²) in [6.45, 7) is 0.855. The van der Waals surface area contributed by atoms with Crippen molar-refractivity contribution < 1.29 is 17.9 Å². The molecule has 0 saturated heterocycles. The van der Waals surface area contributed by atoms with Crippen LogP contribution in [0, 0.1) is 6.92 Å². The molecule has 2 heterocycles. The lowest BCUT2D eigenvalue weighted by Gasteiger charge is -2.08. The van der Waals surface area contributed by atoms with E-state index in [2.05, 4.69) is 9.72 Å². The lowest BCUT2D eigenvalue weighted by Crippen LogP contribution is -2.22. The van der Waals surface area contributed by atoms with E-state index in [1.807, 2.05) is 12.3 Å². The van der Waals surface area contributed by atoms with Gasteiger partial charge in [-0.15, -0.1) is 11.3 Å². The molecule has 2 rings (SSSR count). The van der Waals surface area contributed by atoms with Crippen LogP contribution in [0.25, 0.3) is 10.2 Å². The molecule has 2 aromatic heterocycles. The number of hydrogen-bond acceptors (Lipinski definition) is 4. The molecule has 2 aromatic rings. The lowest BCUT2D eigenvalue weighted by atomic mass is 10.3. The zero-order valence-corrected chi connectivity index (χ0v) is 11.6. The van der Waals surface area contributed by atoms with E-state index in [0.717, 1.165) is 5.56 Å². The second-order valence-corrected chi connectivity index (χ2v) is 5.24. The number of alkyl halides is 3. The molecule has 0 atom stereocenters. The Bertz CT molecular complexity index is 648. The molecule has 0 aliphatic carbocycles. The number of fused-ring (bicyclic) bond motifs is 1. The number of ether oxygens (including phenoxy) is 1. The number of thiophene rings is 1. The number of aromatic nitrogens is 2. The van der Waals surface area contributed by atoms with Crippen LogP contribution in [0.4, 0.5) is 13.2 Å². The molecule has 0 spiro atoms. The fourth-order valence-corrected chi connectivity index (χ4v) is 2.69. The molecule has 0 aliphatic heterocycles. The first-order valence-electron chi connectivity index (χ1n) is 5.96. The van der Waals surface area contributed by atoms with E-state index in [9.17, 15) is 18.0 Å². The van der Waals surface area contributed by atoms with Crippen LogP contribution < -0.4 is 5.56 Å². The molecule has 0 amide bonds. The standard InChI is InChI=1S/C12H13F3N2O2S/c1-8-5-20-10-9(8)16-7-17(11(10)18)3-2-4-19-6-12(13,14)15/h5,7H,2-4,6H2,1H3. The average Bonchev–Trinajstić information content (AvgIpc) is 2.73. The van der Waals surface area contributed by atoms with Gasteiger partial charge >= 0.3 is 6.18 Å². The van der Waals surface area contributed by atoms with Crippen molar-refractivity contribution in [1.29, 1.82) is 0 Å². The van der Waals surface area contributed by atoms with Crippen LogP contribution in [0.2, 0.25) is 0 Å². The van der Waals surface area contributed by atoms with E-state index in [0.29, 0.717) is 16.6 Å². The van der Waals surface area contributed by atoms with Gasteiger partial charge in [-0.3, -0.25) is 9.36 Å². The SMILES string of the molecule is Cc1csc2c(=O)n(CCCOCC(F)(F)F)cnc12. The third kappa shape index (κ3) is 3.57. The molecular formula is C12H13F3N2O2S. The van der Waals surface area contributed by atoms with Crippen LogP contribution in [-0.4, -0.2) is 28.9 Å². The van der Waals surface area contributed by atoms with Gasteiger partial charge in [-0.2, -0.15) is 13.2 Å². The fraction of sp³-hybridized carbons (Fsp3) is 0.500. The molecule has 110 valence electrons. The predicted molar refractivity (Wildman–Crippen MR) is 70.1 cm³/mol. The van der Waals surface area contributed by atoms with Crippen molar-refractivity contribution in [1.82, 2.24) is 9.55 Å². The van der Waals surface area contributed by atoms with Crippen molar-refractivity contribution in [3.63, 3.8) is 0 Å². The molecule has 8 heteroatoms. The van der Waals surface area contributed by atoms with Crippen molar-refractivity contribution in [2.24, 2.45) is 0 Å². The highest BCUT2D eigenvalue weighted by Gasteiger charge is 2.27. The van der Waals surface area contributed by atoms with E-state index in [1.54, 1.807) is 0 Å². The van der Waals surface area contributed by atoms with Gasteiger partial charge in [0.1, 0.15) is 11.3 Å². The maximum absolute atomic E-state index is 12.1. The van der Waals surface area contributed by atoms with Gasteiger partial charge in [-0.1, -0.05) is 0 Å². The fourth-order valence-electron chi connectivity index (χ4n) is 1.74. The van der Waals surface area contributed by atoms with Crippen molar-refractivity contribution in [2.45, 2.75) is 26.1 Å². The quantitative estimate of drug-likeness (QED) is 0.798. The van der Waals surface area contributed by atoms with E-state index in [-0.39, 0.29) is 18.7 Å². The number of nitrogens with zero attached hydrogens (tertiary/aromatic N) is 2. The zero-order valence-electron chi connectivity index (χ0n) is 10.7. The van der Waals surface area contributed by atoms with Crippen molar-refractivity contribution in [2.75, 3.05) is 13.2 Å². The maximum Gasteiger partial charge on any atom is 0.411 e. The van der Waals surface area contributed by atoms with Gasteiger partial charge in [0.15, 0.2) is 0 Å². The largest absolute Gasteiger partial charge is 0.411 e. The minimum Gasteiger partial charge on any atom is -0.372 e. The summed E-state index contributed by atoms with van der Waals surface area (Å²) in [6.07, 6.45) is -2.56. The molecule has 0 radical (unpaired) electrons. The Morgan fingerprint density at radius 1 is 1.45 bits per heavy atom. The minimum absolute atomic E-state index is 0.0482. The summed E-state index contributed by atoms with van der Waals surface area (Å²) in [5, 5.41) is 1.86. The topological polar surface area (TPSA) is 44.1 Å². The summed E-state index contributed by atoms with van der Waals surface area (Å²) in [6, 6.07) is 0. The Labute approximate surface area is 116 Å². The van der Waals surface area contributed by atoms with Crippen LogP contribution in [0.1, 0.15) is 12.0 Å². The highest BCUT2D eigenvalue weighted by molar-refractivity contribution is 7.17. The van der Waals surface area contributed by atoms with Crippen molar-refractivity contribution >= 4 is 21.6 Å². The van der Waals surface area contributed by atoms with Crippen LogP contribution in [-0.2, 0) is 11.3 Å². The summed E-state index contributed by atoms with van der Waals surface area (Å²) < 4.78 is 42.0. The van der Waals surface area contributed by atoms with Crippen LogP contribution in [0.3, 0.4) is 0 Å². The highest BCUT2D eigenvalue weighted by Crippen LogP contribution is 2.19. The average molecular weight is 306 g/mol. The third-order valence-electron chi connectivity index (χ3n) is 2.68. The lowest BCUT2D eigenvalue weighted by molar-refractivity contribution is -0.174. The Morgan fingerprint density at radius 2 is 2.20 bits per heavy atom. The number of aryl methyl sites for hydroxylation is 2. The van der Waals surface area contributed by atoms with Crippen LogP contribution in [0.5, 0.6) is 0 Å². The Morgan fingerprint density at radius 3 is 2.90 bits per heavy atom. The summed E-state index contributed by atoms with van der Waals surface area (Å²) >= 11 is 1.33. The van der Waals surface area contributed by atoms with E-state index in [4.69, 9.17) is 0 Å². The normalized spacial score (nSPS) is 12.2. The second kappa shape index (κ2) is 5.92. The number of rotatable bonds is 5. The second-order valence-electron chi connectivity index (χ2n) is 4.36. The Kier molecular flexibility index (Phi) is 4.44. The van der Waals surface area contributed by atoms with Crippen LogP contribution in [0.15, 0.2) is 16.5 Å². The van der Waals surface area contributed by atoms with Crippen molar-refractivity contribution in [3.8, 4) is 0 Å². The molecule has 20 heavy (non-hydrogen) atoms. The van der Waals surface area contributed by atoms with Gasteiger partial charge in [0.2, 0.25) is 0 Å². The first-order valence-corrected chi connectivity index (χ1v) is 6.84. The summed E-state index contributed by atoms with van der Waals surface area (Å²) in [7, 11) is 0. The predicted octanol–water partition coefficient (Wildman–Crippen LogP) is 2.74. The number of halogens is 3. The smallest absolute Gasteiger partial charge is 0.372 e. The molecule has 0 unspecified atom stereocenters. The highest BCUT2D eigenvalue weighted by atomic mass is 32.1. The molecule has 0 aliphatic rings. The molecule has 0 N–H and O–H groups in total. The first-order chi connectivity index (χ1) is 9.38. The monoisotopic (exact) mass is 306 g/mol. The van der Waals surface area contributed by atoms with E-state index in [1.165, 1.54) is 22.2 Å². The summed E-state index contributed by atoms with van der Waals surface area (Å²) in [5.41, 5.74) is 1.47.